The predicted octanol–water partition coefficient (Wildman–Crippen LogP) is 1.58. The summed E-state index contributed by atoms with van der Waals surface area (Å²) in [5.41, 5.74) is 5.68. The number of sulfonamides is 1. The van der Waals surface area contributed by atoms with Gasteiger partial charge >= 0.3 is 0 Å². The van der Waals surface area contributed by atoms with Gasteiger partial charge in [0.05, 0.1) is 5.69 Å². The first-order chi connectivity index (χ1) is 8.81. The van der Waals surface area contributed by atoms with Crippen molar-refractivity contribution in [2.75, 3.05) is 4.72 Å². The van der Waals surface area contributed by atoms with Crippen LogP contribution in [0.25, 0.3) is 0 Å². The molecule has 2 unspecified atom stereocenters. The highest BCUT2D eigenvalue weighted by Gasteiger charge is 2.40. The van der Waals surface area contributed by atoms with Gasteiger partial charge in [-0.3, -0.25) is 15.6 Å². The minimum absolute atomic E-state index is 0.0468. The molecule has 1 heterocycles. The summed E-state index contributed by atoms with van der Waals surface area (Å²) in [5.74, 6) is -0.614. The van der Waals surface area contributed by atoms with Crippen molar-refractivity contribution in [3.63, 3.8) is 0 Å². The number of rotatable bonds is 3. The molecule has 5 nitrogen and oxygen atoms in total. The predicted molar refractivity (Wildman–Crippen MR) is 75.6 cm³/mol. The molecule has 106 valence electrons. The highest BCUT2D eigenvalue weighted by molar-refractivity contribution is 9.10. The Hall–Kier alpha value is -0.700. The van der Waals surface area contributed by atoms with E-state index in [1.165, 1.54) is 12.1 Å². The largest absolute Gasteiger partial charge is 0.280 e. The van der Waals surface area contributed by atoms with E-state index in [-0.39, 0.29) is 17.8 Å². The maximum atomic E-state index is 13.7. The van der Waals surface area contributed by atoms with Gasteiger partial charge in [-0.25, -0.2) is 12.8 Å². The third kappa shape index (κ3) is 3.07. The van der Waals surface area contributed by atoms with Crippen molar-refractivity contribution in [2.24, 2.45) is 0 Å². The summed E-state index contributed by atoms with van der Waals surface area (Å²) in [6.07, 6.45) is 0. The van der Waals surface area contributed by atoms with E-state index in [0.717, 1.165) is 0 Å². The Morgan fingerprint density at radius 2 is 1.84 bits per heavy atom. The number of anilines is 1. The first-order valence-corrected chi connectivity index (χ1v) is 8.13. The number of hydrogen-bond acceptors (Lipinski definition) is 4. The molecule has 0 saturated carbocycles. The van der Waals surface area contributed by atoms with Crippen LogP contribution in [0.1, 0.15) is 13.8 Å². The van der Waals surface area contributed by atoms with Crippen LogP contribution in [0.15, 0.2) is 22.7 Å². The second kappa shape index (κ2) is 5.35. The van der Waals surface area contributed by atoms with Crippen molar-refractivity contribution < 1.29 is 12.8 Å². The Kier molecular flexibility index (Phi) is 4.14. The van der Waals surface area contributed by atoms with E-state index in [1.54, 1.807) is 19.9 Å². The van der Waals surface area contributed by atoms with Crippen molar-refractivity contribution in [1.29, 1.82) is 0 Å². The lowest BCUT2D eigenvalue weighted by Gasteiger charge is -2.19. The van der Waals surface area contributed by atoms with Gasteiger partial charge in [0, 0.05) is 16.6 Å². The van der Waals surface area contributed by atoms with E-state index in [9.17, 15) is 12.8 Å². The van der Waals surface area contributed by atoms with E-state index in [2.05, 4.69) is 31.5 Å². The Morgan fingerprint density at radius 1 is 1.26 bits per heavy atom. The third-order valence-electron chi connectivity index (χ3n) is 3.07. The molecule has 19 heavy (non-hydrogen) atoms. The fourth-order valence-corrected chi connectivity index (χ4v) is 4.34. The van der Waals surface area contributed by atoms with E-state index >= 15 is 0 Å². The van der Waals surface area contributed by atoms with Gasteiger partial charge in [-0.15, -0.1) is 0 Å². The molecule has 0 aliphatic carbocycles. The van der Waals surface area contributed by atoms with Crippen molar-refractivity contribution in [3.05, 3.63) is 28.5 Å². The van der Waals surface area contributed by atoms with Gasteiger partial charge in [-0.05, 0) is 32.0 Å². The number of benzene rings is 1. The summed E-state index contributed by atoms with van der Waals surface area (Å²) in [5, 5.41) is -0.671. The Balaban J connectivity index is 2.26. The van der Waals surface area contributed by atoms with E-state index in [0.29, 0.717) is 4.47 Å². The molecule has 0 aromatic heterocycles. The monoisotopic (exact) mass is 351 g/mol. The van der Waals surface area contributed by atoms with Gasteiger partial charge in [0.15, 0.2) is 0 Å². The molecular formula is C11H15BrFN3O2S. The summed E-state index contributed by atoms with van der Waals surface area (Å²) in [7, 11) is -3.68. The first-order valence-electron chi connectivity index (χ1n) is 5.79. The summed E-state index contributed by atoms with van der Waals surface area (Å²) in [6.45, 7) is 3.52. The van der Waals surface area contributed by atoms with Crippen molar-refractivity contribution in [2.45, 2.75) is 31.2 Å². The van der Waals surface area contributed by atoms with Crippen LogP contribution in [-0.4, -0.2) is 25.8 Å². The molecule has 0 radical (unpaired) electrons. The lowest BCUT2D eigenvalue weighted by atomic mass is 10.2. The Morgan fingerprint density at radius 3 is 2.37 bits per heavy atom. The molecule has 0 bridgehead atoms. The Labute approximate surface area is 120 Å². The highest BCUT2D eigenvalue weighted by Crippen LogP contribution is 2.23. The second-order valence-electron chi connectivity index (χ2n) is 4.60. The Bertz CT molecular complexity index is 571. The molecule has 3 N–H and O–H groups in total. The standard InChI is InChI=1S/C11H15BrFN3O2S/c1-6-11(7(2)15-14-6)19(17,18)16-10-4-3-8(12)5-9(10)13/h3-7,11,14-16H,1-2H3. The van der Waals surface area contributed by atoms with E-state index in [4.69, 9.17) is 0 Å². The van der Waals surface area contributed by atoms with Crippen molar-refractivity contribution in [1.82, 2.24) is 10.9 Å². The molecular weight excluding hydrogens is 337 g/mol. The van der Waals surface area contributed by atoms with Gasteiger partial charge in [0.1, 0.15) is 11.1 Å². The van der Waals surface area contributed by atoms with Crippen LogP contribution in [0.5, 0.6) is 0 Å². The second-order valence-corrected chi connectivity index (χ2v) is 7.36. The average molecular weight is 352 g/mol. The molecule has 0 amide bonds. The zero-order chi connectivity index (χ0) is 14.2. The molecule has 1 aromatic rings. The van der Waals surface area contributed by atoms with Crippen LogP contribution in [0.4, 0.5) is 10.1 Å². The summed E-state index contributed by atoms with van der Waals surface area (Å²) < 4.78 is 41.1. The van der Waals surface area contributed by atoms with Crippen LogP contribution in [0.3, 0.4) is 0 Å². The van der Waals surface area contributed by atoms with Crippen LogP contribution in [0.2, 0.25) is 0 Å². The normalized spacial score (nSPS) is 27.5. The average Bonchev–Trinajstić information content (AvgIpc) is 2.63. The molecule has 1 saturated heterocycles. The molecule has 2 rings (SSSR count). The fourth-order valence-electron chi connectivity index (χ4n) is 2.19. The lowest BCUT2D eigenvalue weighted by molar-refractivity contribution is 0.563. The fraction of sp³-hybridized carbons (Fsp3) is 0.455. The molecule has 1 aromatic carbocycles. The molecule has 0 spiro atoms. The lowest BCUT2D eigenvalue weighted by Crippen LogP contribution is -2.41. The number of hydrogen-bond donors (Lipinski definition) is 3. The number of hydrazine groups is 1. The van der Waals surface area contributed by atoms with E-state index in [1.807, 2.05) is 0 Å². The highest BCUT2D eigenvalue weighted by atomic mass is 79.9. The molecule has 2 atom stereocenters. The minimum Gasteiger partial charge on any atom is -0.280 e. The van der Waals surface area contributed by atoms with Gasteiger partial charge in [0.25, 0.3) is 0 Å². The van der Waals surface area contributed by atoms with Crippen LogP contribution in [-0.2, 0) is 10.0 Å². The van der Waals surface area contributed by atoms with Gasteiger partial charge in [-0.1, -0.05) is 15.9 Å². The number of halogens is 2. The van der Waals surface area contributed by atoms with Gasteiger partial charge in [0.2, 0.25) is 10.0 Å². The molecule has 8 heteroatoms. The maximum Gasteiger partial charge on any atom is 0.238 e. The molecule has 1 aliphatic heterocycles. The van der Waals surface area contributed by atoms with Crippen molar-refractivity contribution in [3.8, 4) is 0 Å². The zero-order valence-corrected chi connectivity index (χ0v) is 12.8. The minimum atomic E-state index is -3.68. The van der Waals surface area contributed by atoms with Crippen molar-refractivity contribution >= 4 is 31.6 Å². The summed E-state index contributed by atoms with van der Waals surface area (Å²) in [4.78, 5) is 0. The molecule has 1 fully saturated rings. The smallest absolute Gasteiger partial charge is 0.238 e. The SMILES string of the molecule is CC1NNC(C)C1S(=O)(=O)Nc1ccc(Br)cc1F. The van der Waals surface area contributed by atoms with E-state index < -0.39 is 21.1 Å². The topological polar surface area (TPSA) is 70.2 Å². The first kappa shape index (κ1) is 14.7. The summed E-state index contributed by atoms with van der Waals surface area (Å²) in [6, 6.07) is 3.67. The quantitative estimate of drug-likeness (QED) is 0.773. The maximum absolute atomic E-state index is 13.7. The number of nitrogens with one attached hydrogen (secondary N) is 3. The summed E-state index contributed by atoms with van der Waals surface area (Å²) >= 11 is 3.12. The van der Waals surface area contributed by atoms with Crippen LogP contribution in [0, 0.1) is 5.82 Å². The van der Waals surface area contributed by atoms with Crippen LogP contribution >= 0.6 is 15.9 Å². The van der Waals surface area contributed by atoms with Gasteiger partial charge < -0.3 is 0 Å². The van der Waals surface area contributed by atoms with Gasteiger partial charge in [-0.2, -0.15) is 0 Å². The third-order valence-corrected chi connectivity index (χ3v) is 5.60. The molecule has 1 aliphatic rings. The van der Waals surface area contributed by atoms with Crippen LogP contribution < -0.4 is 15.6 Å². The zero-order valence-electron chi connectivity index (χ0n) is 10.4.